The standard InChI is InChI=1S/C22H26F2N4O/c1-16-26-21(18-5-6-18)13-19(27-12-10-22(23,24)15-27)9-11-25-28(16)14-17-3-7-20(29-2)8-4-17/h3-4,7-8,11,13,18H,1,5-6,9-10,12,14-15H2,2H3/b19-13+,25-11-,26-21?. The van der Waals surface area contributed by atoms with Gasteiger partial charge in [0, 0.05) is 42.9 Å². The topological polar surface area (TPSA) is 40.4 Å². The van der Waals surface area contributed by atoms with Gasteiger partial charge in [-0.1, -0.05) is 18.7 Å². The summed E-state index contributed by atoms with van der Waals surface area (Å²) in [6.07, 6.45) is 6.29. The van der Waals surface area contributed by atoms with Gasteiger partial charge in [-0.15, -0.1) is 0 Å². The number of rotatable bonds is 5. The van der Waals surface area contributed by atoms with E-state index in [1.165, 1.54) is 0 Å². The Morgan fingerprint density at radius 1 is 1.24 bits per heavy atom. The van der Waals surface area contributed by atoms with E-state index in [0.717, 1.165) is 35.6 Å². The second-order valence-corrected chi connectivity index (χ2v) is 7.80. The molecule has 5 nitrogen and oxygen atoms in total. The molecule has 0 atom stereocenters. The lowest BCUT2D eigenvalue weighted by Crippen LogP contribution is -2.25. The number of hydrogen-bond acceptors (Lipinski definition) is 5. The molecule has 154 valence electrons. The highest BCUT2D eigenvalue weighted by atomic mass is 19.3. The Bertz CT molecular complexity index is 856. The monoisotopic (exact) mass is 400 g/mol. The van der Waals surface area contributed by atoms with Crippen LogP contribution in [0.5, 0.6) is 5.75 Å². The van der Waals surface area contributed by atoms with E-state index in [1.54, 1.807) is 23.2 Å². The Balaban J connectivity index is 1.56. The molecule has 0 amide bonds. The van der Waals surface area contributed by atoms with Crippen LogP contribution < -0.4 is 4.74 Å². The summed E-state index contributed by atoms with van der Waals surface area (Å²) in [5, 5.41) is 6.31. The highest BCUT2D eigenvalue weighted by molar-refractivity contribution is 5.99. The molecule has 1 aromatic rings. The molecule has 2 aliphatic heterocycles. The Kier molecular flexibility index (Phi) is 5.39. The van der Waals surface area contributed by atoms with Crippen molar-refractivity contribution >= 4 is 11.9 Å². The Morgan fingerprint density at radius 2 is 2.00 bits per heavy atom. The summed E-state index contributed by atoms with van der Waals surface area (Å²) in [4.78, 5) is 6.52. The normalized spacial score (nSPS) is 24.9. The van der Waals surface area contributed by atoms with Gasteiger partial charge in [0.05, 0.1) is 20.2 Å². The van der Waals surface area contributed by atoms with E-state index in [9.17, 15) is 8.78 Å². The molecule has 3 aliphatic rings. The van der Waals surface area contributed by atoms with Crippen LogP contribution in [-0.2, 0) is 6.54 Å². The lowest BCUT2D eigenvalue weighted by molar-refractivity contribution is 0.0150. The smallest absolute Gasteiger partial charge is 0.266 e. The molecular formula is C22H26F2N4O. The minimum Gasteiger partial charge on any atom is -0.497 e. The van der Waals surface area contributed by atoms with Gasteiger partial charge >= 0.3 is 0 Å². The van der Waals surface area contributed by atoms with Crippen LogP contribution in [0.1, 0.15) is 31.2 Å². The molecule has 2 heterocycles. The van der Waals surface area contributed by atoms with Gasteiger partial charge in [-0.25, -0.2) is 18.8 Å². The van der Waals surface area contributed by atoms with Crippen LogP contribution in [0.15, 0.2) is 58.5 Å². The Morgan fingerprint density at radius 3 is 2.62 bits per heavy atom. The van der Waals surface area contributed by atoms with E-state index in [2.05, 4.69) is 11.7 Å². The molecule has 7 heteroatoms. The summed E-state index contributed by atoms with van der Waals surface area (Å²) >= 11 is 0. The number of likely N-dealkylation sites (tertiary alicyclic amines) is 1. The van der Waals surface area contributed by atoms with Crippen molar-refractivity contribution < 1.29 is 13.5 Å². The van der Waals surface area contributed by atoms with Crippen molar-refractivity contribution in [3.05, 3.63) is 54.0 Å². The molecule has 0 aromatic heterocycles. The van der Waals surface area contributed by atoms with Crippen molar-refractivity contribution in [3.63, 3.8) is 0 Å². The van der Waals surface area contributed by atoms with E-state index in [1.807, 2.05) is 30.3 Å². The van der Waals surface area contributed by atoms with E-state index >= 15 is 0 Å². The van der Waals surface area contributed by atoms with Crippen LogP contribution in [0.4, 0.5) is 8.78 Å². The third-order valence-corrected chi connectivity index (χ3v) is 5.45. The van der Waals surface area contributed by atoms with Crippen molar-refractivity contribution in [2.24, 2.45) is 16.0 Å². The van der Waals surface area contributed by atoms with Gasteiger partial charge in [0.1, 0.15) is 11.6 Å². The van der Waals surface area contributed by atoms with Crippen LogP contribution in [0.3, 0.4) is 0 Å². The quantitative estimate of drug-likeness (QED) is 0.734. The largest absolute Gasteiger partial charge is 0.497 e. The first-order valence-corrected chi connectivity index (χ1v) is 9.97. The van der Waals surface area contributed by atoms with Crippen molar-refractivity contribution in [3.8, 4) is 5.75 Å². The van der Waals surface area contributed by atoms with Gasteiger partial charge in [-0.05, 0) is 36.6 Å². The van der Waals surface area contributed by atoms with Gasteiger partial charge in [-0.2, -0.15) is 5.10 Å². The van der Waals surface area contributed by atoms with Gasteiger partial charge in [0.15, 0.2) is 0 Å². The number of halogens is 2. The molecule has 29 heavy (non-hydrogen) atoms. The van der Waals surface area contributed by atoms with Crippen LogP contribution in [0.2, 0.25) is 0 Å². The maximum absolute atomic E-state index is 13.7. The van der Waals surface area contributed by atoms with E-state index < -0.39 is 5.92 Å². The fourth-order valence-corrected chi connectivity index (χ4v) is 3.59. The number of hydrazone groups is 1. The number of alkyl halides is 2. The zero-order valence-corrected chi connectivity index (χ0v) is 16.7. The number of methoxy groups -OCH3 is 1. The molecule has 1 aromatic carbocycles. The second-order valence-electron chi connectivity index (χ2n) is 7.80. The van der Waals surface area contributed by atoms with Crippen LogP contribution >= 0.6 is 0 Å². The van der Waals surface area contributed by atoms with Gasteiger partial charge < -0.3 is 9.64 Å². The number of ether oxygens (including phenoxy) is 1. The van der Waals surface area contributed by atoms with Crippen molar-refractivity contribution in [1.82, 2.24) is 9.91 Å². The zero-order chi connectivity index (χ0) is 20.4. The molecule has 0 unspecified atom stereocenters. The van der Waals surface area contributed by atoms with Crippen LogP contribution in [-0.4, -0.2) is 48.0 Å². The molecule has 0 spiro atoms. The summed E-state index contributed by atoms with van der Waals surface area (Å²) in [6.45, 7) is 4.76. The Labute approximate surface area is 170 Å². The predicted octanol–water partition coefficient (Wildman–Crippen LogP) is 4.43. The summed E-state index contributed by atoms with van der Waals surface area (Å²) in [6, 6.07) is 7.78. The first-order valence-electron chi connectivity index (χ1n) is 9.97. The maximum Gasteiger partial charge on any atom is 0.266 e. The fraction of sp³-hybridized carbons (Fsp3) is 0.455. The first kappa shape index (κ1) is 19.6. The highest BCUT2D eigenvalue weighted by Crippen LogP contribution is 2.35. The molecule has 2 fully saturated rings. The summed E-state index contributed by atoms with van der Waals surface area (Å²) in [7, 11) is 1.64. The third-order valence-electron chi connectivity index (χ3n) is 5.45. The SMILES string of the molecule is C=C1N=C(C2CC2)/C=C(/N2CCC(F)(F)C2)C/C=N\N1Cc1ccc(OC)cc1. The van der Waals surface area contributed by atoms with E-state index in [4.69, 9.17) is 9.73 Å². The minimum absolute atomic E-state index is 0.103. The molecule has 1 aliphatic carbocycles. The molecule has 0 radical (unpaired) electrons. The van der Waals surface area contributed by atoms with Crippen LogP contribution in [0.25, 0.3) is 0 Å². The summed E-state index contributed by atoms with van der Waals surface area (Å²) in [5.74, 6) is -0.892. The van der Waals surface area contributed by atoms with Crippen molar-refractivity contribution in [2.45, 2.75) is 38.2 Å². The number of hydrogen-bond donors (Lipinski definition) is 0. The molecule has 0 bridgehead atoms. The molecule has 0 N–H and O–H groups in total. The molecular weight excluding hydrogens is 374 g/mol. The minimum atomic E-state index is -2.63. The second kappa shape index (κ2) is 7.97. The lowest BCUT2D eigenvalue weighted by Gasteiger charge is -2.21. The number of allylic oxidation sites excluding steroid dienone is 2. The van der Waals surface area contributed by atoms with Gasteiger partial charge in [0.25, 0.3) is 5.92 Å². The molecule has 1 saturated carbocycles. The average molecular weight is 400 g/mol. The molecule has 4 rings (SSSR count). The van der Waals surface area contributed by atoms with Crippen LogP contribution in [0, 0.1) is 5.92 Å². The Hall–Kier alpha value is -2.70. The van der Waals surface area contributed by atoms with Crippen molar-refractivity contribution in [1.29, 1.82) is 0 Å². The summed E-state index contributed by atoms with van der Waals surface area (Å²) in [5.41, 5.74) is 2.83. The van der Waals surface area contributed by atoms with E-state index in [0.29, 0.717) is 31.2 Å². The number of benzene rings is 1. The number of aliphatic imine (C=N–C) groups is 1. The number of nitrogens with zero attached hydrogens (tertiary/aromatic N) is 4. The predicted molar refractivity (Wildman–Crippen MR) is 110 cm³/mol. The lowest BCUT2D eigenvalue weighted by atomic mass is 10.1. The van der Waals surface area contributed by atoms with Gasteiger partial charge in [-0.3, -0.25) is 0 Å². The van der Waals surface area contributed by atoms with E-state index in [-0.39, 0.29) is 13.0 Å². The van der Waals surface area contributed by atoms with Crippen molar-refractivity contribution in [2.75, 3.05) is 20.2 Å². The first-order chi connectivity index (χ1) is 13.9. The zero-order valence-electron chi connectivity index (χ0n) is 16.7. The highest BCUT2D eigenvalue weighted by Gasteiger charge is 2.39. The molecule has 1 saturated heterocycles. The average Bonchev–Trinajstić information content (AvgIpc) is 3.47. The maximum atomic E-state index is 13.7. The van der Waals surface area contributed by atoms with Gasteiger partial charge in [0.2, 0.25) is 0 Å². The summed E-state index contributed by atoms with van der Waals surface area (Å²) < 4.78 is 32.7. The fourth-order valence-electron chi connectivity index (χ4n) is 3.59. The third kappa shape index (κ3) is 4.83.